The Hall–Kier alpha value is -1.44. The minimum atomic E-state index is -1.71. The topological polar surface area (TPSA) is 96.2 Å². The molecule has 0 amide bonds. The van der Waals surface area contributed by atoms with Gasteiger partial charge in [0.15, 0.2) is 17.9 Å². The summed E-state index contributed by atoms with van der Waals surface area (Å²) in [4.78, 5) is 11.5. The van der Waals surface area contributed by atoms with Gasteiger partial charge in [0, 0.05) is 5.92 Å². The number of alkyl halides is 1. The Morgan fingerprint density at radius 1 is 1.40 bits per heavy atom. The van der Waals surface area contributed by atoms with E-state index in [9.17, 15) is 20.1 Å². The lowest BCUT2D eigenvalue weighted by Crippen LogP contribution is -2.57. The van der Waals surface area contributed by atoms with Crippen molar-refractivity contribution in [2.75, 3.05) is 6.61 Å². The average molecular weight is 429 g/mol. The molecule has 0 aromatic carbocycles. The Morgan fingerprint density at radius 3 is 2.70 bits per heavy atom. The first-order valence-electron chi connectivity index (χ1n) is 10.9. The number of aliphatic hydroxyl groups is 2. The molecule has 1 fully saturated rings. The Morgan fingerprint density at radius 2 is 2.10 bits per heavy atom. The summed E-state index contributed by atoms with van der Waals surface area (Å²) < 4.78 is 26.4. The number of hydrogen-bond donors (Lipinski definition) is 3. The smallest absolute Gasteiger partial charge is 0.333 e. The van der Waals surface area contributed by atoms with Crippen LogP contribution in [0.3, 0.4) is 0 Å². The highest BCUT2D eigenvalue weighted by Gasteiger charge is 2.66. The lowest BCUT2D eigenvalue weighted by Gasteiger charge is -2.40. The van der Waals surface area contributed by atoms with E-state index < -0.39 is 53.5 Å². The molecule has 30 heavy (non-hydrogen) atoms. The van der Waals surface area contributed by atoms with Gasteiger partial charge in [0.25, 0.3) is 0 Å². The minimum Gasteiger partial charge on any atom is -0.489 e. The molecule has 6 nitrogen and oxygen atoms in total. The molecule has 1 aliphatic heterocycles. The molecule has 6 atom stereocenters. The quantitative estimate of drug-likeness (QED) is 0.343. The zero-order valence-corrected chi connectivity index (χ0v) is 18.5. The first-order valence-corrected chi connectivity index (χ1v) is 10.9. The first-order chi connectivity index (χ1) is 14.0. The molecule has 7 heteroatoms. The predicted octanol–water partition coefficient (Wildman–Crippen LogP) is 3.76. The summed E-state index contributed by atoms with van der Waals surface area (Å²) in [6.07, 6.45) is 7.14. The van der Waals surface area contributed by atoms with Gasteiger partial charge in [0.05, 0.1) is 19.0 Å². The fraction of sp³-hybridized carbons (Fsp3) is 0.783. The van der Waals surface area contributed by atoms with Crippen molar-refractivity contribution in [2.24, 2.45) is 11.3 Å². The number of carboxylic acids is 1. The van der Waals surface area contributed by atoms with Gasteiger partial charge in [-0.25, -0.2) is 9.18 Å². The number of halogens is 1. The van der Waals surface area contributed by atoms with E-state index >= 15 is 4.39 Å². The number of carbonyl (C=O) groups is 1. The summed E-state index contributed by atoms with van der Waals surface area (Å²) in [5.41, 5.74) is -3.80. The largest absolute Gasteiger partial charge is 0.489 e. The lowest BCUT2D eigenvalue weighted by atomic mass is 9.78. The van der Waals surface area contributed by atoms with Crippen molar-refractivity contribution in [3.63, 3.8) is 0 Å². The van der Waals surface area contributed by atoms with Gasteiger partial charge in [-0.2, -0.15) is 0 Å². The average Bonchev–Trinajstić information content (AvgIpc) is 3.11. The summed E-state index contributed by atoms with van der Waals surface area (Å²) in [6, 6.07) is 0. The third-order valence-corrected chi connectivity index (χ3v) is 6.27. The summed E-state index contributed by atoms with van der Waals surface area (Å²) in [5.74, 6) is -1.56. The van der Waals surface area contributed by atoms with Crippen LogP contribution in [0.1, 0.15) is 66.2 Å². The van der Waals surface area contributed by atoms with Crippen LogP contribution in [0.4, 0.5) is 4.39 Å². The number of fused-ring (bicyclic) bond motifs is 1. The fourth-order valence-electron chi connectivity index (χ4n) is 4.47. The Labute approximate surface area is 178 Å². The maximum atomic E-state index is 15.4. The second-order valence-corrected chi connectivity index (χ2v) is 9.61. The van der Waals surface area contributed by atoms with Gasteiger partial charge in [-0.1, -0.05) is 59.1 Å². The van der Waals surface area contributed by atoms with Crippen molar-refractivity contribution in [3.05, 3.63) is 24.5 Å². The minimum absolute atomic E-state index is 0.259. The molecule has 2 rings (SSSR count). The van der Waals surface area contributed by atoms with Gasteiger partial charge in [-0.3, -0.25) is 0 Å². The van der Waals surface area contributed by atoms with Gasteiger partial charge in [-0.05, 0) is 30.8 Å². The van der Waals surface area contributed by atoms with Crippen LogP contribution in [-0.4, -0.2) is 57.5 Å². The highest BCUT2D eigenvalue weighted by atomic mass is 19.1. The van der Waals surface area contributed by atoms with Crippen molar-refractivity contribution < 1.29 is 34.0 Å². The van der Waals surface area contributed by atoms with E-state index in [-0.39, 0.29) is 6.42 Å². The van der Waals surface area contributed by atoms with Crippen molar-refractivity contribution >= 4 is 5.97 Å². The first kappa shape index (κ1) is 24.8. The molecule has 1 heterocycles. The monoisotopic (exact) mass is 428 g/mol. The van der Waals surface area contributed by atoms with Gasteiger partial charge in [-0.15, -0.1) is 0 Å². The number of rotatable bonds is 11. The number of ether oxygens (including phenoxy) is 2. The van der Waals surface area contributed by atoms with Crippen LogP contribution in [0, 0.1) is 11.3 Å². The molecular weight excluding hydrogens is 391 g/mol. The fourth-order valence-corrected chi connectivity index (χ4v) is 4.47. The van der Waals surface area contributed by atoms with E-state index in [1.807, 2.05) is 0 Å². The van der Waals surface area contributed by atoms with E-state index in [2.05, 4.69) is 6.92 Å². The van der Waals surface area contributed by atoms with E-state index in [0.29, 0.717) is 12.8 Å². The summed E-state index contributed by atoms with van der Waals surface area (Å²) >= 11 is 0. The maximum Gasteiger partial charge on any atom is 0.333 e. The second-order valence-electron chi connectivity index (χ2n) is 9.61. The number of hydrogen-bond acceptors (Lipinski definition) is 5. The molecule has 0 aromatic rings. The number of aliphatic hydroxyl groups excluding tert-OH is 1. The van der Waals surface area contributed by atoms with Crippen molar-refractivity contribution in [1.82, 2.24) is 0 Å². The molecular formula is C23H37FO6. The van der Waals surface area contributed by atoms with Crippen molar-refractivity contribution in [1.29, 1.82) is 0 Å². The van der Waals surface area contributed by atoms with Crippen LogP contribution in [-0.2, 0) is 14.3 Å². The summed E-state index contributed by atoms with van der Waals surface area (Å²) in [6.45, 7) is 6.74. The standard InChI is InChI=1S/C23H37FO6/c1-5-6-7-8-17(25)10-9-16-11-12-23(22(16,28)13-14-30-23)18(24)15-29-19(20(26)27)21(2,3)4/h9-10,13-14,16-19,25,28H,5-8,11-12,15H2,1-4H3,(H,26,27)/t16-,17+,18?,19?,22-,23-/m1/s1. The zero-order chi connectivity index (χ0) is 22.6. The van der Waals surface area contributed by atoms with Crippen molar-refractivity contribution in [2.45, 2.75) is 95.8 Å². The van der Waals surface area contributed by atoms with Crippen molar-refractivity contribution in [3.8, 4) is 0 Å². The lowest BCUT2D eigenvalue weighted by molar-refractivity contribution is -0.175. The molecule has 0 bridgehead atoms. The number of aliphatic carboxylic acids is 1. The molecule has 2 unspecified atom stereocenters. The molecule has 0 saturated heterocycles. The summed E-state index contributed by atoms with van der Waals surface area (Å²) in [5, 5.41) is 30.8. The summed E-state index contributed by atoms with van der Waals surface area (Å²) in [7, 11) is 0. The van der Waals surface area contributed by atoms with Crippen LogP contribution in [0.2, 0.25) is 0 Å². The maximum absolute atomic E-state index is 15.4. The molecule has 0 spiro atoms. The number of carboxylic acid groups (broad SMARTS) is 1. The second kappa shape index (κ2) is 9.79. The molecule has 1 aliphatic carbocycles. The van der Waals surface area contributed by atoms with Gasteiger partial charge in [0.1, 0.15) is 5.60 Å². The van der Waals surface area contributed by atoms with Crippen LogP contribution in [0.15, 0.2) is 24.5 Å². The molecule has 1 saturated carbocycles. The molecule has 2 aliphatic rings. The SMILES string of the molecule is CCCCC[C@H](O)C=C[C@@H]1CC[C@]2(C(F)COC(C(=O)O)C(C)(C)C)OC=C[C@@]12O. The Balaban J connectivity index is 2.07. The van der Waals surface area contributed by atoms with Crippen LogP contribution in [0.5, 0.6) is 0 Å². The molecule has 0 radical (unpaired) electrons. The highest BCUT2D eigenvalue weighted by Crippen LogP contribution is 2.53. The highest BCUT2D eigenvalue weighted by molar-refractivity contribution is 5.73. The predicted molar refractivity (Wildman–Crippen MR) is 112 cm³/mol. The third-order valence-electron chi connectivity index (χ3n) is 6.27. The van der Waals surface area contributed by atoms with E-state index in [1.165, 1.54) is 12.3 Å². The van der Waals surface area contributed by atoms with E-state index in [1.54, 1.807) is 32.9 Å². The molecule has 3 N–H and O–H groups in total. The Kier molecular flexibility index (Phi) is 8.10. The van der Waals surface area contributed by atoms with Crippen LogP contribution >= 0.6 is 0 Å². The number of unbranched alkanes of at least 4 members (excludes halogenated alkanes) is 2. The van der Waals surface area contributed by atoms with Gasteiger partial charge in [0.2, 0.25) is 0 Å². The normalized spacial score (nSPS) is 31.5. The zero-order valence-electron chi connectivity index (χ0n) is 18.5. The van der Waals surface area contributed by atoms with E-state index in [0.717, 1.165) is 19.3 Å². The molecule has 0 aromatic heterocycles. The Bertz CT molecular complexity index is 642. The van der Waals surface area contributed by atoms with Crippen LogP contribution in [0.25, 0.3) is 0 Å². The van der Waals surface area contributed by atoms with E-state index in [4.69, 9.17) is 9.47 Å². The molecule has 172 valence electrons. The van der Waals surface area contributed by atoms with Crippen LogP contribution < -0.4 is 0 Å². The van der Waals surface area contributed by atoms with Gasteiger partial charge >= 0.3 is 5.97 Å². The van der Waals surface area contributed by atoms with Gasteiger partial charge < -0.3 is 24.8 Å². The third kappa shape index (κ3) is 5.06.